The SMILES string of the molecule is OC(CCCBr)c1sccc1COc1ccccc1. The third-order valence-corrected chi connectivity index (χ3v) is 4.45. The Hall–Kier alpha value is -0.840. The summed E-state index contributed by atoms with van der Waals surface area (Å²) in [5.74, 6) is 0.856. The van der Waals surface area contributed by atoms with E-state index in [-0.39, 0.29) is 6.10 Å². The van der Waals surface area contributed by atoms with E-state index in [1.165, 1.54) is 0 Å². The number of hydrogen-bond donors (Lipinski definition) is 1. The largest absolute Gasteiger partial charge is 0.489 e. The zero-order valence-corrected chi connectivity index (χ0v) is 13.0. The lowest BCUT2D eigenvalue weighted by Crippen LogP contribution is -2.02. The molecule has 1 aromatic carbocycles. The number of ether oxygens (including phenoxy) is 1. The van der Waals surface area contributed by atoms with E-state index in [2.05, 4.69) is 15.9 Å². The Morgan fingerprint density at radius 3 is 2.74 bits per heavy atom. The van der Waals surface area contributed by atoms with Crippen molar-refractivity contribution in [3.63, 3.8) is 0 Å². The highest BCUT2D eigenvalue weighted by atomic mass is 79.9. The fourth-order valence-electron chi connectivity index (χ4n) is 1.84. The van der Waals surface area contributed by atoms with Crippen molar-refractivity contribution >= 4 is 27.3 Å². The Kier molecular flexibility index (Phi) is 5.89. The van der Waals surface area contributed by atoms with Crippen LogP contribution in [0.15, 0.2) is 41.8 Å². The lowest BCUT2D eigenvalue weighted by molar-refractivity contribution is 0.167. The van der Waals surface area contributed by atoms with E-state index in [0.717, 1.165) is 34.4 Å². The number of aliphatic hydroxyl groups is 1. The Bertz CT molecular complexity index is 484. The van der Waals surface area contributed by atoms with E-state index >= 15 is 0 Å². The highest BCUT2D eigenvalue weighted by Gasteiger charge is 2.14. The topological polar surface area (TPSA) is 29.5 Å². The van der Waals surface area contributed by atoms with Crippen LogP contribution in [0.3, 0.4) is 0 Å². The van der Waals surface area contributed by atoms with Gasteiger partial charge in [0.2, 0.25) is 0 Å². The van der Waals surface area contributed by atoms with Crippen LogP contribution in [-0.2, 0) is 6.61 Å². The van der Waals surface area contributed by atoms with Gasteiger partial charge in [0, 0.05) is 15.8 Å². The first kappa shape index (κ1) is 14.6. The number of hydrogen-bond acceptors (Lipinski definition) is 3. The first-order chi connectivity index (χ1) is 9.31. The average molecular weight is 341 g/mol. The predicted octanol–water partition coefficient (Wildman–Crippen LogP) is 4.54. The molecule has 0 radical (unpaired) electrons. The summed E-state index contributed by atoms with van der Waals surface area (Å²) >= 11 is 4.99. The summed E-state index contributed by atoms with van der Waals surface area (Å²) in [5, 5.41) is 13.1. The maximum Gasteiger partial charge on any atom is 0.119 e. The van der Waals surface area contributed by atoms with E-state index in [9.17, 15) is 5.11 Å². The van der Waals surface area contributed by atoms with Gasteiger partial charge in [-0.25, -0.2) is 0 Å². The van der Waals surface area contributed by atoms with Crippen molar-refractivity contribution in [1.29, 1.82) is 0 Å². The number of aliphatic hydroxyl groups excluding tert-OH is 1. The number of thiophene rings is 1. The van der Waals surface area contributed by atoms with Gasteiger partial charge in [0.15, 0.2) is 0 Å². The summed E-state index contributed by atoms with van der Waals surface area (Å²) in [5.41, 5.74) is 1.08. The van der Waals surface area contributed by atoms with Crippen LogP contribution >= 0.6 is 27.3 Å². The molecule has 0 fully saturated rings. The smallest absolute Gasteiger partial charge is 0.119 e. The van der Waals surface area contributed by atoms with E-state index in [1.807, 2.05) is 41.8 Å². The van der Waals surface area contributed by atoms with Crippen molar-refractivity contribution in [2.24, 2.45) is 0 Å². The standard InChI is InChI=1S/C15H17BrO2S/c16-9-4-7-14(17)15-12(8-10-19-15)11-18-13-5-2-1-3-6-13/h1-3,5-6,8,10,14,17H,4,7,9,11H2. The fourth-order valence-corrected chi connectivity index (χ4v) is 3.09. The summed E-state index contributed by atoms with van der Waals surface area (Å²) in [6.45, 7) is 0.508. The van der Waals surface area contributed by atoms with Gasteiger partial charge in [-0.2, -0.15) is 0 Å². The number of alkyl halides is 1. The van der Waals surface area contributed by atoms with Gasteiger partial charge in [-0.15, -0.1) is 11.3 Å². The average Bonchev–Trinajstić information content (AvgIpc) is 2.92. The number of benzene rings is 1. The molecular formula is C15H17BrO2S. The number of halogens is 1. The van der Waals surface area contributed by atoms with Crippen LogP contribution in [0.5, 0.6) is 5.75 Å². The van der Waals surface area contributed by atoms with Crippen LogP contribution in [0.25, 0.3) is 0 Å². The Balaban J connectivity index is 1.96. The molecule has 1 unspecified atom stereocenters. The third-order valence-electron chi connectivity index (χ3n) is 2.83. The molecular weight excluding hydrogens is 324 g/mol. The maximum atomic E-state index is 10.2. The second-order valence-electron chi connectivity index (χ2n) is 4.26. The molecule has 2 rings (SSSR count). The van der Waals surface area contributed by atoms with Gasteiger partial charge >= 0.3 is 0 Å². The molecule has 19 heavy (non-hydrogen) atoms. The molecule has 0 amide bonds. The molecule has 0 spiro atoms. The zero-order chi connectivity index (χ0) is 13.5. The number of rotatable bonds is 7. The Morgan fingerprint density at radius 2 is 2.00 bits per heavy atom. The Labute approximate surface area is 126 Å². The van der Waals surface area contributed by atoms with Gasteiger partial charge < -0.3 is 9.84 Å². The molecule has 1 N–H and O–H groups in total. The minimum atomic E-state index is -0.382. The van der Waals surface area contributed by atoms with Crippen molar-refractivity contribution in [2.45, 2.75) is 25.6 Å². The highest BCUT2D eigenvalue weighted by Crippen LogP contribution is 2.28. The molecule has 2 aromatic rings. The van der Waals surface area contributed by atoms with Gasteiger partial charge in [0.05, 0.1) is 6.10 Å². The van der Waals surface area contributed by atoms with Gasteiger partial charge in [-0.05, 0) is 36.4 Å². The molecule has 0 aliphatic carbocycles. The summed E-state index contributed by atoms with van der Waals surface area (Å²) in [6.07, 6.45) is 1.37. The second kappa shape index (κ2) is 7.68. The van der Waals surface area contributed by atoms with Gasteiger partial charge in [-0.3, -0.25) is 0 Å². The predicted molar refractivity (Wildman–Crippen MR) is 83.1 cm³/mol. The fraction of sp³-hybridized carbons (Fsp3) is 0.333. The molecule has 0 saturated heterocycles. The van der Waals surface area contributed by atoms with Crippen molar-refractivity contribution in [3.05, 3.63) is 52.2 Å². The van der Waals surface area contributed by atoms with E-state index < -0.39 is 0 Å². The monoisotopic (exact) mass is 340 g/mol. The van der Waals surface area contributed by atoms with Crippen molar-refractivity contribution < 1.29 is 9.84 Å². The molecule has 0 bridgehead atoms. The van der Waals surface area contributed by atoms with E-state index in [4.69, 9.17) is 4.74 Å². The second-order valence-corrected chi connectivity index (χ2v) is 6.00. The molecule has 1 aromatic heterocycles. The molecule has 1 atom stereocenters. The highest BCUT2D eigenvalue weighted by molar-refractivity contribution is 9.09. The quantitative estimate of drug-likeness (QED) is 0.750. The Morgan fingerprint density at radius 1 is 1.21 bits per heavy atom. The van der Waals surface area contributed by atoms with E-state index in [1.54, 1.807) is 11.3 Å². The molecule has 102 valence electrons. The molecule has 1 heterocycles. The summed E-state index contributed by atoms with van der Waals surface area (Å²) in [7, 11) is 0. The zero-order valence-electron chi connectivity index (χ0n) is 10.6. The van der Waals surface area contributed by atoms with Crippen molar-refractivity contribution in [3.8, 4) is 5.75 Å². The first-order valence-corrected chi connectivity index (χ1v) is 8.29. The minimum Gasteiger partial charge on any atom is -0.489 e. The third kappa shape index (κ3) is 4.34. The normalized spacial score (nSPS) is 12.3. The van der Waals surface area contributed by atoms with Crippen LogP contribution in [0.2, 0.25) is 0 Å². The molecule has 0 saturated carbocycles. The lowest BCUT2D eigenvalue weighted by Gasteiger charge is -2.11. The molecule has 2 nitrogen and oxygen atoms in total. The first-order valence-electron chi connectivity index (χ1n) is 6.29. The summed E-state index contributed by atoms with van der Waals surface area (Å²) in [6, 6.07) is 11.8. The van der Waals surface area contributed by atoms with Gasteiger partial charge in [-0.1, -0.05) is 34.1 Å². The summed E-state index contributed by atoms with van der Waals surface area (Å²) in [4.78, 5) is 1.02. The van der Waals surface area contributed by atoms with Crippen LogP contribution in [0, 0.1) is 0 Å². The molecule has 0 aliphatic heterocycles. The molecule has 0 aliphatic rings. The van der Waals surface area contributed by atoms with Crippen molar-refractivity contribution in [2.75, 3.05) is 5.33 Å². The molecule has 4 heteroatoms. The van der Waals surface area contributed by atoms with Gasteiger partial charge in [0.25, 0.3) is 0 Å². The van der Waals surface area contributed by atoms with Gasteiger partial charge in [0.1, 0.15) is 12.4 Å². The number of para-hydroxylation sites is 1. The van der Waals surface area contributed by atoms with E-state index in [0.29, 0.717) is 6.61 Å². The lowest BCUT2D eigenvalue weighted by atomic mass is 10.1. The van der Waals surface area contributed by atoms with Crippen LogP contribution < -0.4 is 4.74 Å². The van der Waals surface area contributed by atoms with Crippen LogP contribution in [0.4, 0.5) is 0 Å². The maximum absolute atomic E-state index is 10.2. The minimum absolute atomic E-state index is 0.382. The van der Waals surface area contributed by atoms with Crippen LogP contribution in [0.1, 0.15) is 29.4 Å². The van der Waals surface area contributed by atoms with Crippen LogP contribution in [-0.4, -0.2) is 10.4 Å². The van der Waals surface area contributed by atoms with Crippen molar-refractivity contribution in [1.82, 2.24) is 0 Å². The summed E-state index contributed by atoms with van der Waals surface area (Å²) < 4.78 is 5.73.